The zero-order valence-corrected chi connectivity index (χ0v) is 19.9. The largest absolute Gasteiger partial charge is 0.380 e. The topological polar surface area (TPSA) is 0 Å². The van der Waals surface area contributed by atoms with Gasteiger partial charge in [-0.3, -0.25) is 0 Å². The fourth-order valence-electron chi connectivity index (χ4n) is 3.32. The molecule has 2 heterocycles. The molecule has 1 aliphatic carbocycles. The van der Waals surface area contributed by atoms with Gasteiger partial charge < -0.3 is 0 Å². The second-order valence-electron chi connectivity index (χ2n) is 8.42. The van der Waals surface area contributed by atoms with Crippen LogP contribution in [0.4, 0.5) is 26.3 Å². The van der Waals surface area contributed by atoms with Crippen LogP contribution in [-0.2, 0) is 0 Å². The van der Waals surface area contributed by atoms with Crippen LogP contribution in [0, 0.1) is 32.2 Å². The van der Waals surface area contributed by atoms with E-state index in [4.69, 9.17) is 0 Å². The minimum Gasteiger partial charge on any atom is -0.194 e. The summed E-state index contributed by atoms with van der Waals surface area (Å²) in [5.41, 5.74) is 0.485. The van der Waals surface area contributed by atoms with E-state index in [0.717, 1.165) is 22.7 Å². The number of alkyl halides is 6. The molecule has 0 radical (unpaired) electrons. The molecule has 0 aromatic carbocycles. The van der Waals surface area contributed by atoms with E-state index in [-0.39, 0.29) is 20.9 Å². The molecule has 2 aromatic heterocycles. The summed E-state index contributed by atoms with van der Waals surface area (Å²) in [5.74, 6) is -12.7. The molecule has 0 atom stereocenters. The molecule has 0 N–H and O–H groups in total. The summed E-state index contributed by atoms with van der Waals surface area (Å²) in [5, 5.41) is 0. The molecule has 0 aliphatic heterocycles. The van der Waals surface area contributed by atoms with Crippen LogP contribution in [0.3, 0.4) is 0 Å². The van der Waals surface area contributed by atoms with Gasteiger partial charge in [-0.2, -0.15) is 26.3 Å². The fourth-order valence-corrected chi connectivity index (χ4v) is 5.91. The highest BCUT2D eigenvalue weighted by atomic mass is 32.1. The Morgan fingerprint density at radius 1 is 0.833 bits per heavy atom. The second kappa shape index (κ2) is 7.00. The van der Waals surface area contributed by atoms with Crippen LogP contribution in [0.15, 0.2) is 12.1 Å². The number of halogens is 6. The lowest BCUT2D eigenvalue weighted by Crippen LogP contribution is -2.48. The summed E-state index contributed by atoms with van der Waals surface area (Å²) in [7, 11) is -1.78. The molecule has 0 unspecified atom stereocenters. The highest BCUT2D eigenvalue weighted by molar-refractivity contribution is 7.13. The normalized spacial score (nSPS) is 19.7. The molecule has 0 saturated carbocycles. The Kier molecular flexibility index (Phi) is 5.41. The van der Waals surface area contributed by atoms with Gasteiger partial charge in [0.15, 0.2) is 0 Å². The van der Waals surface area contributed by atoms with Gasteiger partial charge in [0.1, 0.15) is 8.07 Å². The van der Waals surface area contributed by atoms with Crippen LogP contribution in [-0.4, -0.2) is 25.8 Å². The molecule has 30 heavy (non-hydrogen) atoms. The molecule has 0 saturated heterocycles. The van der Waals surface area contributed by atoms with Gasteiger partial charge in [-0.25, -0.2) is 0 Å². The summed E-state index contributed by atoms with van der Waals surface area (Å²) in [6.07, 6.45) is 0. The van der Waals surface area contributed by atoms with Crippen LogP contribution in [0.25, 0.3) is 11.1 Å². The van der Waals surface area contributed by atoms with Crippen molar-refractivity contribution in [2.75, 3.05) is 0 Å². The molecular formula is C21H20F6S2Si. The minimum absolute atomic E-state index is 0.232. The molecule has 1 aliphatic rings. The molecule has 162 valence electrons. The van der Waals surface area contributed by atoms with Crippen molar-refractivity contribution in [2.45, 2.75) is 58.2 Å². The Hall–Kier alpha value is -1.50. The van der Waals surface area contributed by atoms with Gasteiger partial charge in [-0.1, -0.05) is 25.6 Å². The molecule has 2 aromatic rings. The Labute approximate surface area is 180 Å². The molecular weight excluding hydrogens is 458 g/mol. The highest BCUT2D eigenvalue weighted by Crippen LogP contribution is 2.66. The van der Waals surface area contributed by atoms with Crippen molar-refractivity contribution in [2.24, 2.45) is 0 Å². The van der Waals surface area contributed by atoms with Gasteiger partial charge in [0.2, 0.25) is 0 Å². The summed E-state index contributed by atoms with van der Waals surface area (Å²) < 4.78 is 88.3. The number of allylic oxidation sites excluding steroid dienone is 2. The van der Waals surface area contributed by atoms with Crippen LogP contribution in [0.5, 0.6) is 0 Å². The standard InChI is InChI=1S/C21H20F6S2Si/c1-11-9-12(2)28-18(11)17-16(19(22,23)21(26,27)20(17,24)25)15-10-14(29-13(15)3)7-8-30(4,5)6/h9-10H,1-6H3. The van der Waals surface area contributed by atoms with Crippen molar-refractivity contribution in [3.05, 3.63) is 42.8 Å². The number of thiophene rings is 2. The Bertz CT molecular complexity index is 1100. The smallest absolute Gasteiger partial charge is 0.194 e. The molecule has 0 spiro atoms. The first-order valence-electron chi connectivity index (χ1n) is 9.11. The first-order valence-corrected chi connectivity index (χ1v) is 14.2. The molecule has 9 heteroatoms. The first-order chi connectivity index (χ1) is 13.5. The molecule has 0 amide bonds. The van der Waals surface area contributed by atoms with Gasteiger partial charge in [0.05, 0.1) is 10.5 Å². The van der Waals surface area contributed by atoms with Gasteiger partial charge in [0, 0.05) is 20.2 Å². The van der Waals surface area contributed by atoms with Gasteiger partial charge >= 0.3 is 17.8 Å². The van der Waals surface area contributed by atoms with Gasteiger partial charge in [-0.15, -0.1) is 28.2 Å². The number of rotatable bonds is 2. The Morgan fingerprint density at radius 2 is 1.40 bits per heavy atom. The highest BCUT2D eigenvalue weighted by Gasteiger charge is 2.80. The zero-order valence-electron chi connectivity index (χ0n) is 17.2. The predicted molar refractivity (Wildman–Crippen MR) is 115 cm³/mol. The number of hydrogen-bond donors (Lipinski definition) is 0. The minimum atomic E-state index is -5.53. The summed E-state index contributed by atoms with van der Waals surface area (Å²) in [6.45, 7) is 10.5. The van der Waals surface area contributed by atoms with Crippen molar-refractivity contribution in [3.63, 3.8) is 0 Å². The maximum absolute atomic E-state index is 14.9. The third-order valence-electron chi connectivity index (χ3n) is 4.68. The summed E-state index contributed by atoms with van der Waals surface area (Å²) in [4.78, 5) is 0.990. The van der Waals surface area contributed by atoms with Crippen LogP contribution in [0.1, 0.15) is 30.6 Å². The average Bonchev–Trinajstić information content (AvgIpc) is 3.13. The fraction of sp³-hybridized carbons (Fsp3) is 0.429. The Balaban J connectivity index is 2.35. The van der Waals surface area contributed by atoms with E-state index in [2.05, 4.69) is 11.5 Å². The summed E-state index contributed by atoms with van der Waals surface area (Å²) >= 11 is 1.86. The molecule has 0 nitrogen and oxygen atoms in total. The van der Waals surface area contributed by atoms with Crippen molar-refractivity contribution < 1.29 is 26.3 Å². The van der Waals surface area contributed by atoms with E-state index in [1.165, 1.54) is 26.0 Å². The molecule has 3 rings (SSSR count). The quantitative estimate of drug-likeness (QED) is 0.235. The summed E-state index contributed by atoms with van der Waals surface area (Å²) in [6, 6.07) is 2.77. The van der Waals surface area contributed by atoms with Crippen molar-refractivity contribution in [1.29, 1.82) is 0 Å². The van der Waals surface area contributed by atoms with E-state index in [0.29, 0.717) is 9.75 Å². The van der Waals surface area contributed by atoms with Gasteiger partial charge in [0.25, 0.3) is 0 Å². The lowest BCUT2D eigenvalue weighted by Gasteiger charge is -2.25. The maximum atomic E-state index is 14.9. The maximum Gasteiger partial charge on any atom is 0.380 e. The number of hydrogen-bond acceptors (Lipinski definition) is 2. The van der Waals surface area contributed by atoms with Crippen LogP contribution < -0.4 is 0 Å². The predicted octanol–water partition coefficient (Wildman–Crippen LogP) is 7.79. The second-order valence-corrected chi connectivity index (χ2v) is 15.7. The van der Waals surface area contributed by atoms with Crippen molar-refractivity contribution >= 4 is 41.9 Å². The third kappa shape index (κ3) is 3.47. The van der Waals surface area contributed by atoms with E-state index < -0.39 is 37.0 Å². The van der Waals surface area contributed by atoms with Crippen molar-refractivity contribution in [1.82, 2.24) is 0 Å². The third-order valence-corrected chi connectivity index (χ3v) is 7.69. The first kappa shape index (κ1) is 23.2. The van der Waals surface area contributed by atoms with E-state index in [9.17, 15) is 26.3 Å². The SMILES string of the molecule is Cc1cc(C)c(C2=C(c3cc(C#C[Si](C)(C)C)sc3C)C(F)(F)C(F)(F)C2(F)F)s1. The molecule has 0 bridgehead atoms. The van der Waals surface area contributed by atoms with Crippen molar-refractivity contribution in [3.8, 4) is 11.5 Å². The molecule has 0 fully saturated rings. The monoisotopic (exact) mass is 478 g/mol. The number of aryl methyl sites for hydroxylation is 3. The zero-order chi connectivity index (χ0) is 22.9. The van der Waals surface area contributed by atoms with E-state index in [1.807, 2.05) is 19.6 Å². The van der Waals surface area contributed by atoms with Crippen LogP contribution >= 0.6 is 22.7 Å². The lowest BCUT2D eigenvalue weighted by atomic mass is 9.97. The van der Waals surface area contributed by atoms with E-state index in [1.54, 1.807) is 6.92 Å². The average molecular weight is 479 g/mol. The Morgan fingerprint density at radius 3 is 1.90 bits per heavy atom. The van der Waals surface area contributed by atoms with Crippen LogP contribution in [0.2, 0.25) is 19.6 Å². The van der Waals surface area contributed by atoms with E-state index >= 15 is 0 Å². The van der Waals surface area contributed by atoms with Gasteiger partial charge in [-0.05, 0) is 44.0 Å². The lowest BCUT2D eigenvalue weighted by molar-refractivity contribution is -0.254.